The highest BCUT2D eigenvalue weighted by Crippen LogP contribution is 2.33. The molecule has 0 spiro atoms. The van der Waals surface area contributed by atoms with Gasteiger partial charge in [-0.25, -0.2) is 0 Å². The van der Waals surface area contributed by atoms with Crippen molar-refractivity contribution in [3.05, 3.63) is 35.9 Å². The quantitative estimate of drug-likeness (QED) is 0.665. The molecule has 0 amide bonds. The number of hydrogen-bond donors (Lipinski definition) is 3. The summed E-state index contributed by atoms with van der Waals surface area (Å²) in [6.07, 6.45) is -0.289. The van der Waals surface area contributed by atoms with Gasteiger partial charge in [0.1, 0.15) is 0 Å². The summed E-state index contributed by atoms with van der Waals surface area (Å²) in [5.74, 6) is 0. The monoisotopic (exact) mass is 215 g/mol. The van der Waals surface area contributed by atoms with Gasteiger partial charge in [0, 0.05) is 6.04 Å². The van der Waals surface area contributed by atoms with Gasteiger partial charge in [-0.1, -0.05) is 30.3 Å². The van der Waals surface area contributed by atoms with Crippen LogP contribution in [-0.4, -0.2) is 16.1 Å². The summed E-state index contributed by atoms with van der Waals surface area (Å²) in [6.45, 7) is 1.87. The zero-order chi connectivity index (χ0) is 10.6. The summed E-state index contributed by atoms with van der Waals surface area (Å²) < 4.78 is 10.6. The molecule has 0 heterocycles. The Bertz CT molecular complexity index is 322. The molecule has 0 radical (unpaired) electrons. The van der Waals surface area contributed by atoms with Crippen LogP contribution in [0.1, 0.15) is 18.5 Å². The van der Waals surface area contributed by atoms with Crippen LogP contribution in [0.25, 0.3) is 0 Å². The molecule has 3 N–H and O–H groups in total. The van der Waals surface area contributed by atoms with E-state index in [-0.39, 0.29) is 12.3 Å². The average Bonchev–Trinajstić information content (AvgIpc) is 2.14. The molecule has 0 saturated heterocycles. The lowest BCUT2D eigenvalue weighted by Gasteiger charge is -2.14. The zero-order valence-electron chi connectivity index (χ0n) is 7.92. The van der Waals surface area contributed by atoms with Gasteiger partial charge >= 0.3 is 7.60 Å². The molecular formula is C9H14NO3P. The van der Waals surface area contributed by atoms with Crippen LogP contribution in [0.2, 0.25) is 0 Å². The van der Waals surface area contributed by atoms with E-state index < -0.39 is 7.60 Å². The van der Waals surface area contributed by atoms with E-state index in [9.17, 15) is 4.57 Å². The third-order valence-electron chi connectivity index (χ3n) is 1.90. The molecule has 4 nitrogen and oxygen atoms in total. The largest absolute Gasteiger partial charge is 0.339 e. The first-order valence-corrected chi connectivity index (χ1v) is 6.12. The van der Waals surface area contributed by atoms with E-state index in [0.717, 1.165) is 5.56 Å². The van der Waals surface area contributed by atoms with Crippen molar-refractivity contribution in [2.45, 2.75) is 13.0 Å². The molecule has 0 aliphatic carbocycles. The van der Waals surface area contributed by atoms with Gasteiger partial charge in [-0.15, -0.1) is 0 Å². The standard InChI is InChI=1S/C9H14NO3P/c1-8(10-7-14(11,12)13)9-5-3-2-4-6-9/h2-6,8,10H,7H2,1H3,(H2,11,12,13)/t8-/m1/s1. The smallest absolute Gasteiger partial charge is 0.324 e. The molecule has 0 aromatic heterocycles. The van der Waals surface area contributed by atoms with Crippen molar-refractivity contribution in [2.75, 3.05) is 6.29 Å². The van der Waals surface area contributed by atoms with Crippen molar-refractivity contribution >= 4 is 7.60 Å². The predicted molar refractivity (Wildman–Crippen MR) is 54.9 cm³/mol. The SMILES string of the molecule is C[C@@H](NCP(=O)(O)O)c1ccccc1. The van der Waals surface area contributed by atoms with Crippen molar-refractivity contribution in [1.82, 2.24) is 5.32 Å². The van der Waals surface area contributed by atoms with Crippen LogP contribution in [-0.2, 0) is 4.57 Å². The number of benzene rings is 1. The highest BCUT2D eigenvalue weighted by Gasteiger charge is 2.14. The number of hydrogen-bond acceptors (Lipinski definition) is 2. The van der Waals surface area contributed by atoms with Gasteiger partial charge in [0.05, 0.1) is 6.29 Å². The van der Waals surface area contributed by atoms with Gasteiger partial charge < -0.3 is 9.79 Å². The molecule has 0 saturated carbocycles. The van der Waals surface area contributed by atoms with E-state index in [1.54, 1.807) is 0 Å². The van der Waals surface area contributed by atoms with Crippen molar-refractivity contribution in [3.8, 4) is 0 Å². The molecule has 0 aliphatic heterocycles. The Labute approximate surface area is 83.1 Å². The Hall–Kier alpha value is -0.670. The molecule has 1 aromatic rings. The number of nitrogens with one attached hydrogen (secondary N) is 1. The van der Waals surface area contributed by atoms with Crippen molar-refractivity contribution in [2.24, 2.45) is 0 Å². The first-order valence-electron chi connectivity index (χ1n) is 4.32. The maximum atomic E-state index is 10.6. The third-order valence-corrected chi connectivity index (χ3v) is 2.50. The van der Waals surface area contributed by atoms with Gasteiger partial charge in [-0.3, -0.25) is 9.88 Å². The molecule has 14 heavy (non-hydrogen) atoms. The molecule has 78 valence electrons. The lowest BCUT2D eigenvalue weighted by molar-refractivity contribution is 0.364. The first kappa shape index (κ1) is 11.4. The second-order valence-electron chi connectivity index (χ2n) is 3.16. The predicted octanol–water partition coefficient (Wildman–Crippen LogP) is 1.47. The fourth-order valence-electron chi connectivity index (χ4n) is 1.12. The highest BCUT2D eigenvalue weighted by atomic mass is 31.2. The Balaban J connectivity index is 2.52. The summed E-state index contributed by atoms with van der Waals surface area (Å²) in [7, 11) is -3.95. The van der Waals surface area contributed by atoms with Gasteiger partial charge in [0.15, 0.2) is 0 Å². The molecule has 1 aromatic carbocycles. The van der Waals surface area contributed by atoms with E-state index in [2.05, 4.69) is 5.32 Å². The lowest BCUT2D eigenvalue weighted by Crippen LogP contribution is -2.19. The summed E-state index contributed by atoms with van der Waals surface area (Å²) >= 11 is 0. The second-order valence-corrected chi connectivity index (χ2v) is 4.80. The molecular weight excluding hydrogens is 201 g/mol. The molecule has 0 aliphatic rings. The summed E-state index contributed by atoms with van der Waals surface area (Å²) in [4.78, 5) is 17.3. The van der Waals surface area contributed by atoms with Crippen molar-refractivity contribution in [3.63, 3.8) is 0 Å². The Morgan fingerprint density at radius 2 is 1.93 bits per heavy atom. The van der Waals surface area contributed by atoms with Crippen LogP contribution < -0.4 is 5.32 Å². The van der Waals surface area contributed by atoms with Gasteiger partial charge in [-0.2, -0.15) is 0 Å². The molecule has 0 unspecified atom stereocenters. The fraction of sp³-hybridized carbons (Fsp3) is 0.333. The molecule has 0 bridgehead atoms. The minimum atomic E-state index is -3.95. The minimum absolute atomic E-state index is 0.0520. The van der Waals surface area contributed by atoms with E-state index in [1.165, 1.54) is 0 Å². The third kappa shape index (κ3) is 4.03. The lowest BCUT2D eigenvalue weighted by atomic mass is 10.1. The van der Waals surface area contributed by atoms with Crippen molar-refractivity contribution < 1.29 is 14.4 Å². The van der Waals surface area contributed by atoms with Crippen LogP contribution in [0.5, 0.6) is 0 Å². The summed E-state index contributed by atoms with van der Waals surface area (Å²) in [5.41, 5.74) is 1.01. The molecule has 0 fully saturated rings. The maximum absolute atomic E-state index is 10.6. The van der Waals surface area contributed by atoms with Crippen LogP contribution in [0.4, 0.5) is 0 Å². The number of rotatable bonds is 4. The first-order chi connectivity index (χ1) is 6.49. The van der Waals surface area contributed by atoms with Crippen LogP contribution in [0.15, 0.2) is 30.3 Å². The van der Waals surface area contributed by atoms with Gasteiger partial charge in [0.2, 0.25) is 0 Å². The summed E-state index contributed by atoms with van der Waals surface area (Å²) in [5, 5.41) is 2.78. The van der Waals surface area contributed by atoms with Crippen LogP contribution >= 0.6 is 7.60 Å². The van der Waals surface area contributed by atoms with Gasteiger partial charge in [-0.05, 0) is 12.5 Å². The molecule has 1 rings (SSSR count). The fourth-order valence-corrected chi connectivity index (χ4v) is 1.63. The Morgan fingerprint density at radius 1 is 1.36 bits per heavy atom. The molecule has 1 atom stereocenters. The Morgan fingerprint density at radius 3 is 2.43 bits per heavy atom. The topological polar surface area (TPSA) is 69.6 Å². The second kappa shape index (κ2) is 4.71. The Kier molecular flexibility index (Phi) is 3.84. The van der Waals surface area contributed by atoms with Crippen LogP contribution in [0, 0.1) is 0 Å². The van der Waals surface area contributed by atoms with E-state index in [0.29, 0.717) is 0 Å². The highest BCUT2D eigenvalue weighted by molar-refractivity contribution is 7.51. The van der Waals surface area contributed by atoms with E-state index in [4.69, 9.17) is 9.79 Å². The van der Waals surface area contributed by atoms with Gasteiger partial charge in [0.25, 0.3) is 0 Å². The van der Waals surface area contributed by atoms with E-state index in [1.807, 2.05) is 37.3 Å². The van der Waals surface area contributed by atoms with E-state index >= 15 is 0 Å². The average molecular weight is 215 g/mol. The zero-order valence-corrected chi connectivity index (χ0v) is 8.82. The maximum Gasteiger partial charge on any atom is 0.339 e. The summed E-state index contributed by atoms with van der Waals surface area (Å²) in [6, 6.07) is 9.47. The minimum Gasteiger partial charge on any atom is -0.324 e. The van der Waals surface area contributed by atoms with Crippen LogP contribution in [0.3, 0.4) is 0 Å². The normalized spacial score (nSPS) is 13.9. The molecule has 5 heteroatoms. The van der Waals surface area contributed by atoms with Crippen molar-refractivity contribution in [1.29, 1.82) is 0 Å².